The summed E-state index contributed by atoms with van der Waals surface area (Å²) in [6.45, 7) is 2.00. The standard InChI is InChI=1S/C15H17N5O.2ClH/c16-11-5-1-2-6-12(11)17-15(21)13-7-8-14(19-18-13)20-9-3-4-10-20;;/h1-2,5-8H,3-4,9-10,16H2,(H,17,21);2*1H. The van der Waals surface area contributed by atoms with Crippen molar-refractivity contribution in [1.82, 2.24) is 10.2 Å². The second kappa shape index (κ2) is 8.55. The number of carbonyl (C=O) groups excluding carboxylic acids is 1. The lowest BCUT2D eigenvalue weighted by Crippen LogP contribution is -2.21. The fourth-order valence-corrected chi connectivity index (χ4v) is 2.36. The van der Waals surface area contributed by atoms with Gasteiger partial charge in [0.25, 0.3) is 5.91 Å². The van der Waals surface area contributed by atoms with Gasteiger partial charge in [0.05, 0.1) is 11.4 Å². The molecule has 2 heterocycles. The van der Waals surface area contributed by atoms with Crippen LogP contribution in [0.25, 0.3) is 0 Å². The van der Waals surface area contributed by atoms with Gasteiger partial charge in [-0.1, -0.05) is 12.1 Å². The van der Waals surface area contributed by atoms with Gasteiger partial charge in [-0.05, 0) is 37.1 Å². The van der Waals surface area contributed by atoms with Crippen LogP contribution in [0, 0.1) is 0 Å². The number of nitrogen functional groups attached to an aromatic ring is 1. The third kappa shape index (κ3) is 4.46. The molecular formula is C15H19Cl2N5O. The number of nitrogens with zero attached hydrogens (tertiary/aromatic N) is 3. The molecule has 1 aromatic heterocycles. The average molecular weight is 356 g/mol. The van der Waals surface area contributed by atoms with E-state index >= 15 is 0 Å². The zero-order chi connectivity index (χ0) is 14.7. The minimum absolute atomic E-state index is 0. The van der Waals surface area contributed by atoms with Gasteiger partial charge >= 0.3 is 0 Å². The van der Waals surface area contributed by atoms with Crippen molar-refractivity contribution in [1.29, 1.82) is 0 Å². The molecule has 0 saturated carbocycles. The molecule has 124 valence electrons. The van der Waals surface area contributed by atoms with Gasteiger partial charge in [-0.25, -0.2) is 0 Å². The Hall–Kier alpha value is -2.05. The Bertz CT molecular complexity index is 645. The summed E-state index contributed by atoms with van der Waals surface area (Å²) >= 11 is 0. The van der Waals surface area contributed by atoms with Crippen LogP contribution in [0.4, 0.5) is 17.2 Å². The number of rotatable bonds is 3. The van der Waals surface area contributed by atoms with E-state index in [0.717, 1.165) is 18.9 Å². The number of carbonyl (C=O) groups is 1. The third-order valence-electron chi connectivity index (χ3n) is 3.52. The fourth-order valence-electron chi connectivity index (χ4n) is 2.36. The molecule has 0 unspecified atom stereocenters. The van der Waals surface area contributed by atoms with Crippen LogP contribution in [0.1, 0.15) is 23.3 Å². The van der Waals surface area contributed by atoms with E-state index in [1.807, 2.05) is 18.2 Å². The molecule has 2 aromatic rings. The number of hydrogen-bond acceptors (Lipinski definition) is 5. The molecule has 0 atom stereocenters. The van der Waals surface area contributed by atoms with Gasteiger partial charge in [-0.15, -0.1) is 35.0 Å². The number of hydrogen-bond donors (Lipinski definition) is 2. The van der Waals surface area contributed by atoms with Gasteiger partial charge < -0.3 is 16.0 Å². The van der Waals surface area contributed by atoms with Crippen molar-refractivity contribution in [2.24, 2.45) is 0 Å². The second-order valence-electron chi connectivity index (χ2n) is 5.01. The quantitative estimate of drug-likeness (QED) is 0.827. The van der Waals surface area contributed by atoms with Crippen molar-refractivity contribution in [2.45, 2.75) is 12.8 Å². The van der Waals surface area contributed by atoms with E-state index in [-0.39, 0.29) is 36.4 Å². The zero-order valence-corrected chi connectivity index (χ0v) is 14.1. The van der Waals surface area contributed by atoms with Gasteiger partial charge in [-0.2, -0.15) is 0 Å². The lowest BCUT2D eigenvalue weighted by molar-refractivity contribution is 0.102. The summed E-state index contributed by atoms with van der Waals surface area (Å²) in [7, 11) is 0. The molecule has 6 nitrogen and oxygen atoms in total. The topological polar surface area (TPSA) is 84.1 Å². The number of amides is 1. The molecule has 1 amide bonds. The maximum absolute atomic E-state index is 12.1. The summed E-state index contributed by atoms with van der Waals surface area (Å²) in [5, 5.41) is 10.9. The molecule has 1 aliphatic heterocycles. The fraction of sp³-hybridized carbons (Fsp3) is 0.267. The van der Waals surface area contributed by atoms with Crippen LogP contribution in [0.5, 0.6) is 0 Å². The summed E-state index contributed by atoms with van der Waals surface area (Å²) in [5.74, 6) is 0.511. The summed E-state index contributed by atoms with van der Waals surface area (Å²) in [6.07, 6.45) is 2.36. The monoisotopic (exact) mass is 355 g/mol. The Morgan fingerprint density at radius 1 is 1.04 bits per heavy atom. The highest BCUT2D eigenvalue weighted by molar-refractivity contribution is 6.04. The highest BCUT2D eigenvalue weighted by atomic mass is 35.5. The number of anilines is 3. The SMILES string of the molecule is Cl.Cl.Nc1ccccc1NC(=O)c1ccc(N2CCCC2)nn1. The van der Waals surface area contributed by atoms with E-state index in [0.29, 0.717) is 11.4 Å². The second-order valence-corrected chi connectivity index (χ2v) is 5.01. The van der Waals surface area contributed by atoms with Crippen molar-refractivity contribution in [3.05, 3.63) is 42.1 Å². The minimum atomic E-state index is -0.312. The molecule has 1 aromatic carbocycles. The van der Waals surface area contributed by atoms with E-state index in [1.54, 1.807) is 18.2 Å². The highest BCUT2D eigenvalue weighted by Crippen LogP contribution is 2.19. The summed E-state index contributed by atoms with van der Waals surface area (Å²) < 4.78 is 0. The number of para-hydroxylation sites is 2. The van der Waals surface area contributed by atoms with Crippen molar-refractivity contribution >= 4 is 47.9 Å². The Morgan fingerprint density at radius 3 is 2.35 bits per heavy atom. The van der Waals surface area contributed by atoms with Gasteiger partial charge in [0, 0.05) is 13.1 Å². The normalized spacial score (nSPS) is 13.0. The van der Waals surface area contributed by atoms with Gasteiger partial charge in [-0.3, -0.25) is 4.79 Å². The smallest absolute Gasteiger partial charge is 0.276 e. The largest absolute Gasteiger partial charge is 0.397 e. The number of nitrogens with one attached hydrogen (secondary N) is 1. The highest BCUT2D eigenvalue weighted by Gasteiger charge is 2.15. The van der Waals surface area contributed by atoms with Crippen molar-refractivity contribution < 1.29 is 4.79 Å². The summed E-state index contributed by atoms with van der Waals surface area (Å²) in [4.78, 5) is 14.3. The first-order chi connectivity index (χ1) is 10.2. The number of nitrogens with two attached hydrogens (primary N) is 1. The van der Waals surface area contributed by atoms with Gasteiger partial charge in [0.15, 0.2) is 11.5 Å². The average Bonchev–Trinajstić information content (AvgIpc) is 3.04. The van der Waals surface area contributed by atoms with E-state index in [2.05, 4.69) is 20.4 Å². The molecule has 1 saturated heterocycles. The molecule has 0 aliphatic carbocycles. The van der Waals surface area contributed by atoms with E-state index in [9.17, 15) is 4.79 Å². The molecule has 1 fully saturated rings. The van der Waals surface area contributed by atoms with Crippen LogP contribution in [-0.4, -0.2) is 29.2 Å². The minimum Gasteiger partial charge on any atom is -0.397 e. The Balaban J connectivity index is 0.00000132. The Kier molecular flexibility index (Phi) is 7.06. The van der Waals surface area contributed by atoms with Gasteiger partial charge in [0.2, 0.25) is 0 Å². The molecule has 3 rings (SSSR count). The van der Waals surface area contributed by atoms with Crippen LogP contribution in [-0.2, 0) is 0 Å². The van der Waals surface area contributed by atoms with Crippen LogP contribution in [0.3, 0.4) is 0 Å². The van der Waals surface area contributed by atoms with E-state index in [1.165, 1.54) is 12.8 Å². The first-order valence-corrected chi connectivity index (χ1v) is 6.98. The molecule has 1 aliphatic rings. The number of halogens is 2. The zero-order valence-electron chi connectivity index (χ0n) is 12.4. The first kappa shape index (κ1) is 19.0. The lowest BCUT2D eigenvalue weighted by atomic mass is 10.2. The molecule has 8 heteroatoms. The van der Waals surface area contributed by atoms with Crippen LogP contribution in [0.15, 0.2) is 36.4 Å². The lowest BCUT2D eigenvalue weighted by Gasteiger charge is -2.15. The van der Waals surface area contributed by atoms with Gasteiger partial charge in [0.1, 0.15) is 0 Å². The van der Waals surface area contributed by atoms with Crippen LogP contribution in [0.2, 0.25) is 0 Å². The summed E-state index contributed by atoms with van der Waals surface area (Å²) in [5.41, 5.74) is 7.17. The first-order valence-electron chi connectivity index (χ1n) is 6.98. The van der Waals surface area contributed by atoms with Crippen molar-refractivity contribution in [3.63, 3.8) is 0 Å². The third-order valence-corrected chi connectivity index (χ3v) is 3.52. The van der Waals surface area contributed by atoms with Crippen LogP contribution < -0.4 is 16.0 Å². The molecule has 3 N–H and O–H groups in total. The molecule has 0 bridgehead atoms. The predicted molar refractivity (Wildman–Crippen MR) is 96.8 cm³/mol. The van der Waals surface area contributed by atoms with E-state index in [4.69, 9.17) is 5.73 Å². The molecular weight excluding hydrogens is 337 g/mol. The Morgan fingerprint density at radius 2 is 1.74 bits per heavy atom. The maximum atomic E-state index is 12.1. The molecule has 0 radical (unpaired) electrons. The molecule has 23 heavy (non-hydrogen) atoms. The van der Waals surface area contributed by atoms with Crippen molar-refractivity contribution in [3.8, 4) is 0 Å². The Labute approximate surface area is 147 Å². The summed E-state index contributed by atoms with van der Waals surface area (Å²) in [6, 6.07) is 10.6. The maximum Gasteiger partial charge on any atom is 0.276 e. The van der Waals surface area contributed by atoms with Crippen LogP contribution >= 0.6 is 24.8 Å². The number of aromatic nitrogens is 2. The predicted octanol–water partition coefficient (Wildman–Crippen LogP) is 2.75. The number of benzene rings is 1. The molecule has 0 spiro atoms. The van der Waals surface area contributed by atoms with E-state index < -0.39 is 0 Å². The van der Waals surface area contributed by atoms with Crippen molar-refractivity contribution in [2.75, 3.05) is 29.0 Å².